The van der Waals surface area contributed by atoms with Crippen LogP contribution in [-0.2, 0) is 6.42 Å². The van der Waals surface area contributed by atoms with Crippen molar-refractivity contribution in [2.75, 3.05) is 28.7 Å². The molecule has 1 fully saturated rings. The Morgan fingerprint density at radius 3 is 2.54 bits per heavy atom. The molecule has 0 unspecified atom stereocenters. The van der Waals surface area contributed by atoms with Gasteiger partial charge in [-0.25, -0.2) is 0 Å². The van der Waals surface area contributed by atoms with E-state index in [2.05, 4.69) is 34.9 Å². The third kappa shape index (κ3) is 3.68. The van der Waals surface area contributed by atoms with Crippen molar-refractivity contribution in [1.29, 1.82) is 0 Å². The number of rotatable bonds is 3. The molecule has 26 heavy (non-hydrogen) atoms. The molecule has 2 aliphatic heterocycles. The molecule has 3 nitrogen and oxygen atoms in total. The van der Waals surface area contributed by atoms with Gasteiger partial charge in [0.05, 0.1) is 27.0 Å². The highest BCUT2D eigenvalue weighted by Gasteiger charge is 2.40. The summed E-state index contributed by atoms with van der Waals surface area (Å²) in [6, 6.07) is 14.2. The van der Waals surface area contributed by atoms with Gasteiger partial charge in [0.1, 0.15) is 5.84 Å². The molecule has 2 aromatic rings. The van der Waals surface area contributed by atoms with Crippen molar-refractivity contribution >= 4 is 52.2 Å². The molecule has 0 aliphatic carbocycles. The number of halogens is 2. The van der Waals surface area contributed by atoms with E-state index < -0.39 is 0 Å². The summed E-state index contributed by atoms with van der Waals surface area (Å²) in [5.41, 5.74) is 3.35. The molecule has 0 saturated carbocycles. The van der Waals surface area contributed by atoms with Crippen LogP contribution in [0.15, 0.2) is 47.5 Å². The minimum absolute atomic E-state index is 0.0722. The highest BCUT2D eigenvalue weighted by Crippen LogP contribution is 2.38. The molecule has 0 bridgehead atoms. The molecule has 0 amide bonds. The summed E-state index contributed by atoms with van der Waals surface area (Å²) in [6.07, 6.45) is 3.02. The lowest BCUT2D eigenvalue weighted by Gasteiger charge is -2.43. The maximum Gasteiger partial charge on any atom is 0.127 e. The molecule has 0 aromatic heterocycles. The summed E-state index contributed by atoms with van der Waals surface area (Å²) in [6.45, 7) is 0.721. The summed E-state index contributed by atoms with van der Waals surface area (Å²) < 4.78 is 0. The van der Waals surface area contributed by atoms with Gasteiger partial charge in [0, 0.05) is 6.54 Å². The van der Waals surface area contributed by atoms with Crippen LogP contribution in [0.1, 0.15) is 18.4 Å². The second-order valence-corrected chi connectivity index (χ2v) is 8.76. The normalized spacial score (nSPS) is 19.7. The number of amidine groups is 1. The van der Waals surface area contributed by atoms with E-state index in [1.165, 1.54) is 5.69 Å². The van der Waals surface area contributed by atoms with Gasteiger partial charge in [-0.05, 0) is 60.6 Å². The molecule has 2 heterocycles. The number of para-hydroxylation sites is 2. The van der Waals surface area contributed by atoms with Crippen molar-refractivity contribution in [3.63, 3.8) is 0 Å². The fourth-order valence-corrected chi connectivity index (χ4v) is 5.04. The fraction of sp³-hybridized carbons (Fsp3) is 0.350. The lowest BCUT2D eigenvalue weighted by Crippen LogP contribution is -2.54. The Hall–Kier alpha value is -1.36. The third-order valence-electron chi connectivity index (χ3n) is 5.01. The first-order chi connectivity index (χ1) is 12.7. The average Bonchev–Trinajstić information content (AvgIpc) is 2.66. The van der Waals surface area contributed by atoms with Gasteiger partial charge in [-0.2, -0.15) is 11.8 Å². The van der Waals surface area contributed by atoms with E-state index in [9.17, 15) is 0 Å². The van der Waals surface area contributed by atoms with Crippen LogP contribution in [0.3, 0.4) is 0 Å². The number of hydrogen-bond acceptors (Lipinski definition) is 3. The van der Waals surface area contributed by atoms with E-state index in [0.29, 0.717) is 10.0 Å². The molecule has 1 spiro atoms. The predicted octanol–water partition coefficient (Wildman–Crippen LogP) is 5.74. The molecule has 0 atom stereocenters. The molecule has 1 saturated heterocycles. The summed E-state index contributed by atoms with van der Waals surface area (Å²) in [4.78, 5) is 4.96. The predicted molar refractivity (Wildman–Crippen MR) is 115 cm³/mol. The van der Waals surface area contributed by atoms with Gasteiger partial charge in [0.15, 0.2) is 0 Å². The summed E-state index contributed by atoms with van der Waals surface area (Å²) in [5.74, 6) is 3.38. The van der Waals surface area contributed by atoms with Crippen LogP contribution in [0, 0.1) is 0 Å². The maximum absolute atomic E-state index is 6.12. The Bertz CT molecular complexity index is 832. The molecule has 6 heteroatoms. The quantitative estimate of drug-likeness (QED) is 0.683. The van der Waals surface area contributed by atoms with Crippen molar-refractivity contribution in [3.8, 4) is 0 Å². The van der Waals surface area contributed by atoms with E-state index in [4.69, 9.17) is 28.2 Å². The number of anilines is 2. The monoisotopic (exact) mass is 405 g/mol. The molecule has 2 aromatic carbocycles. The summed E-state index contributed by atoms with van der Waals surface area (Å²) >= 11 is 14.1. The summed E-state index contributed by atoms with van der Waals surface area (Å²) in [7, 11) is 0. The van der Waals surface area contributed by atoms with Gasteiger partial charge in [0.2, 0.25) is 0 Å². The number of hydrogen-bond donors (Lipinski definition) is 2. The van der Waals surface area contributed by atoms with E-state index in [1.54, 1.807) is 0 Å². The van der Waals surface area contributed by atoms with Crippen molar-refractivity contribution in [2.24, 2.45) is 4.99 Å². The first-order valence-electron chi connectivity index (χ1n) is 8.87. The van der Waals surface area contributed by atoms with E-state index in [1.807, 2.05) is 30.0 Å². The second kappa shape index (κ2) is 7.71. The van der Waals surface area contributed by atoms with E-state index in [-0.39, 0.29) is 5.54 Å². The lowest BCUT2D eigenvalue weighted by atomic mass is 9.87. The molecule has 2 aliphatic rings. The van der Waals surface area contributed by atoms with Crippen molar-refractivity contribution in [3.05, 3.63) is 58.1 Å². The van der Waals surface area contributed by atoms with Crippen LogP contribution in [-0.4, -0.2) is 29.4 Å². The highest BCUT2D eigenvalue weighted by molar-refractivity contribution is 7.99. The van der Waals surface area contributed by atoms with Gasteiger partial charge in [0.25, 0.3) is 0 Å². The third-order valence-corrected chi connectivity index (χ3v) is 6.73. The largest absolute Gasteiger partial charge is 0.371 e. The number of fused-ring (bicyclic) bond motifs is 1. The van der Waals surface area contributed by atoms with Crippen molar-refractivity contribution in [2.45, 2.75) is 24.8 Å². The SMILES string of the molecule is Clc1ccc(CCN=C2Nc3ccccc3NC23CCSCC3)cc1Cl. The molecular weight excluding hydrogens is 385 g/mol. The Labute approximate surface area is 168 Å². The van der Waals surface area contributed by atoms with Crippen LogP contribution < -0.4 is 10.6 Å². The van der Waals surface area contributed by atoms with Crippen LogP contribution in [0.4, 0.5) is 11.4 Å². The molecule has 4 rings (SSSR count). The van der Waals surface area contributed by atoms with E-state index in [0.717, 1.165) is 54.4 Å². The zero-order valence-corrected chi connectivity index (χ0v) is 16.7. The zero-order chi connectivity index (χ0) is 18.0. The number of thioether (sulfide) groups is 1. The van der Waals surface area contributed by atoms with Crippen LogP contribution in [0.25, 0.3) is 0 Å². The van der Waals surface area contributed by atoms with Crippen LogP contribution >= 0.6 is 35.0 Å². The topological polar surface area (TPSA) is 36.4 Å². The Morgan fingerprint density at radius 2 is 1.77 bits per heavy atom. The van der Waals surface area contributed by atoms with Gasteiger partial charge in [-0.15, -0.1) is 0 Å². The second-order valence-electron chi connectivity index (χ2n) is 6.72. The molecule has 0 radical (unpaired) electrons. The minimum Gasteiger partial charge on any atom is -0.371 e. The van der Waals surface area contributed by atoms with Crippen LogP contribution in [0.2, 0.25) is 10.0 Å². The first kappa shape index (κ1) is 18.0. The van der Waals surface area contributed by atoms with Crippen LogP contribution in [0.5, 0.6) is 0 Å². The standard InChI is InChI=1S/C20H21Cl2N3S/c21-15-6-5-14(13-16(15)22)7-10-23-19-20(8-11-26-12-9-20)25-18-4-2-1-3-17(18)24-19/h1-6,13,25H,7-12H2,(H,23,24). The van der Waals surface area contributed by atoms with Crippen molar-refractivity contribution in [1.82, 2.24) is 0 Å². The molecule has 136 valence electrons. The Balaban J connectivity index is 1.55. The Morgan fingerprint density at radius 1 is 1.00 bits per heavy atom. The number of benzene rings is 2. The minimum atomic E-state index is -0.0722. The fourth-order valence-electron chi connectivity index (χ4n) is 3.53. The molecular formula is C20H21Cl2N3S. The van der Waals surface area contributed by atoms with Gasteiger partial charge in [-0.1, -0.05) is 41.4 Å². The smallest absolute Gasteiger partial charge is 0.127 e. The first-order valence-corrected chi connectivity index (χ1v) is 10.8. The van der Waals surface area contributed by atoms with Gasteiger partial charge < -0.3 is 10.6 Å². The van der Waals surface area contributed by atoms with E-state index >= 15 is 0 Å². The van der Waals surface area contributed by atoms with Gasteiger partial charge in [-0.3, -0.25) is 4.99 Å². The zero-order valence-electron chi connectivity index (χ0n) is 14.4. The number of aliphatic imine (C=N–C) groups is 1. The number of nitrogens with one attached hydrogen (secondary N) is 2. The average molecular weight is 406 g/mol. The maximum atomic E-state index is 6.12. The summed E-state index contributed by atoms with van der Waals surface area (Å²) in [5, 5.41) is 8.57. The lowest BCUT2D eigenvalue weighted by molar-refractivity contribution is 0.560. The Kier molecular flexibility index (Phi) is 5.35. The van der Waals surface area contributed by atoms with Crippen molar-refractivity contribution < 1.29 is 0 Å². The highest BCUT2D eigenvalue weighted by atomic mass is 35.5. The van der Waals surface area contributed by atoms with Gasteiger partial charge >= 0.3 is 0 Å². The number of nitrogens with zero attached hydrogens (tertiary/aromatic N) is 1. The molecule has 2 N–H and O–H groups in total.